The monoisotopic (exact) mass is 326 g/mol. The molecule has 1 saturated heterocycles. The van der Waals surface area contributed by atoms with Crippen LogP contribution in [0, 0.1) is 6.92 Å². The summed E-state index contributed by atoms with van der Waals surface area (Å²) in [6.45, 7) is 3.82. The number of carbonyl (C=O) groups is 1. The van der Waals surface area contributed by atoms with Crippen LogP contribution in [0.15, 0.2) is 41.2 Å². The van der Waals surface area contributed by atoms with Gasteiger partial charge in [0.2, 0.25) is 18.1 Å². The Bertz CT molecular complexity index is 856. The average molecular weight is 326 g/mol. The maximum Gasteiger partial charge on any atom is 0.242 e. The maximum absolute atomic E-state index is 12.8. The summed E-state index contributed by atoms with van der Waals surface area (Å²) in [6, 6.07) is 10.2. The number of hydrogen-bond donors (Lipinski definition) is 0. The van der Waals surface area contributed by atoms with E-state index >= 15 is 0 Å². The summed E-state index contributed by atoms with van der Waals surface area (Å²) in [6.07, 6.45) is 0.943. The number of hydrogen-bond acceptors (Lipinski definition) is 5. The van der Waals surface area contributed by atoms with Crippen molar-refractivity contribution in [1.29, 1.82) is 0 Å². The van der Waals surface area contributed by atoms with Crippen molar-refractivity contribution in [3.63, 3.8) is 0 Å². The predicted octanol–water partition coefficient (Wildman–Crippen LogP) is 1.93. The summed E-state index contributed by atoms with van der Waals surface area (Å²) in [5, 5.41) is 4.96. The van der Waals surface area contributed by atoms with Crippen LogP contribution >= 0.6 is 0 Å². The van der Waals surface area contributed by atoms with Crippen molar-refractivity contribution in [2.75, 3.05) is 19.7 Å². The van der Waals surface area contributed by atoms with Gasteiger partial charge in [0.05, 0.1) is 13.2 Å². The molecule has 1 atom stereocenters. The van der Waals surface area contributed by atoms with E-state index in [0.29, 0.717) is 32.1 Å². The van der Waals surface area contributed by atoms with E-state index < -0.39 is 0 Å². The fraction of sp³-hybridized carbons (Fsp3) is 0.353. The van der Waals surface area contributed by atoms with Gasteiger partial charge in [-0.1, -0.05) is 23.4 Å². The Balaban J connectivity index is 1.52. The van der Waals surface area contributed by atoms with Gasteiger partial charge >= 0.3 is 0 Å². The zero-order valence-corrected chi connectivity index (χ0v) is 13.4. The highest BCUT2D eigenvalue weighted by atomic mass is 16.5. The van der Waals surface area contributed by atoms with Gasteiger partial charge in [-0.3, -0.25) is 4.79 Å². The van der Waals surface area contributed by atoms with Gasteiger partial charge < -0.3 is 18.7 Å². The van der Waals surface area contributed by atoms with Gasteiger partial charge in [-0.15, -0.1) is 0 Å². The van der Waals surface area contributed by atoms with E-state index in [1.165, 1.54) is 6.39 Å². The number of ether oxygens (including phenoxy) is 1. The molecule has 1 aliphatic rings. The number of rotatable bonds is 3. The number of aryl methyl sites for hydroxylation is 1. The van der Waals surface area contributed by atoms with Crippen molar-refractivity contribution < 1.29 is 14.1 Å². The summed E-state index contributed by atoms with van der Waals surface area (Å²) in [7, 11) is 0. The van der Waals surface area contributed by atoms with Gasteiger partial charge in [0.25, 0.3) is 0 Å². The van der Waals surface area contributed by atoms with Gasteiger partial charge in [0.1, 0.15) is 12.6 Å². The van der Waals surface area contributed by atoms with Gasteiger partial charge in [-0.05, 0) is 24.4 Å². The molecule has 0 radical (unpaired) electrons. The van der Waals surface area contributed by atoms with E-state index in [2.05, 4.69) is 26.8 Å². The Hall–Kier alpha value is -2.67. The molecule has 3 aromatic rings. The van der Waals surface area contributed by atoms with Crippen molar-refractivity contribution >= 4 is 16.8 Å². The predicted molar refractivity (Wildman–Crippen MR) is 86.2 cm³/mol. The molecule has 3 heterocycles. The van der Waals surface area contributed by atoms with E-state index in [9.17, 15) is 4.79 Å². The van der Waals surface area contributed by atoms with Crippen molar-refractivity contribution in [3.8, 4) is 0 Å². The molecule has 2 aromatic heterocycles. The Kier molecular flexibility index (Phi) is 3.78. The summed E-state index contributed by atoms with van der Waals surface area (Å²) in [5.41, 5.74) is 2.15. The minimum Gasteiger partial charge on any atom is -0.366 e. The number of fused-ring (bicyclic) bond motifs is 1. The minimum atomic E-state index is -0.330. The molecule has 0 aliphatic carbocycles. The first kappa shape index (κ1) is 14.9. The SMILES string of the molecule is Cc1cc2ccccc2n1CC(=O)N1CCOC(c2ncon2)C1. The lowest BCUT2D eigenvalue weighted by atomic mass is 10.2. The van der Waals surface area contributed by atoms with E-state index in [1.54, 1.807) is 4.90 Å². The van der Waals surface area contributed by atoms with E-state index in [4.69, 9.17) is 9.26 Å². The molecular formula is C17H18N4O3. The Morgan fingerprint density at radius 2 is 2.25 bits per heavy atom. The first-order valence-corrected chi connectivity index (χ1v) is 7.93. The van der Waals surface area contributed by atoms with E-state index in [-0.39, 0.29) is 12.0 Å². The zero-order valence-electron chi connectivity index (χ0n) is 13.4. The van der Waals surface area contributed by atoms with Crippen molar-refractivity contribution in [3.05, 3.63) is 48.2 Å². The molecular weight excluding hydrogens is 308 g/mol. The number of para-hydroxylation sites is 1. The highest BCUT2D eigenvalue weighted by molar-refractivity contribution is 5.84. The molecule has 1 fully saturated rings. The maximum atomic E-state index is 12.8. The number of aromatic nitrogens is 3. The van der Waals surface area contributed by atoms with Crippen LogP contribution in [-0.2, 0) is 16.1 Å². The normalized spacial score (nSPS) is 18.2. The molecule has 1 amide bonds. The summed E-state index contributed by atoms with van der Waals surface area (Å²) in [4.78, 5) is 18.6. The molecule has 0 N–H and O–H groups in total. The molecule has 1 aliphatic heterocycles. The highest BCUT2D eigenvalue weighted by Gasteiger charge is 2.28. The first-order chi connectivity index (χ1) is 11.7. The number of carbonyl (C=O) groups excluding carboxylic acids is 1. The first-order valence-electron chi connectivity index (χ1n) is 7.93. The van der Waals surface area contributed by atoms with Crippen LogP contribution in [0.1, 0.15) is 17.6 Å². The van der Waals surface area contributed by atoms with Gasteiger partial charge in [-0.25, -0.2) is 0 Å². The second-order valence-corrected chi connectivity index (χ2v) is 5.92. The molecule has 0 saturated carbocycles. The third-order valence-electron chi connectivity index (χ3n) is 4.40. The summed E-state index contributed by atoms with van der Waals surface area (Å²) >= 11 is 0. The lowest BCUT2D eigenvalue weighted by Crippen LogP contribution is -2.44. The standard InChI is InChI=1S/C17H18N4O3/c1-12-8-13-4-2-3-5-14(13)21(12)10-16(22)20-6-7-23-15(9-20)17-18-11-24-19-17/h2-5,8,11,15H,6-7,9-10H2,1H3. The smallest absolute Gasteiger partial charge is 0.242 e. The number of benzene rings is 1. The fourth-order valence-electron chi connectivity index (χ4n) is 3.15. The molecule has 7 heteroatoms. The Morgan fingerprint density at radius 3 is 3.08 bits per heavy atom. The topological polar surface area (TPSA) is 73.4 Å². The molecule has 24 heavy (non-hydrogen) atoms. The van der Waals surface area contributed by atoms with Gasteiger partial charge in [0.15, 0.2) is 0 Å². The Labute approximate surface area is 138 Å². The van der Waals surface area contributed by atoms with Crippen LogP contribution < -0.4 is 0 Å². The highest BCUT2D eigenvalue weighted by Crippen LogP contribution is 2.22. The molecule has 0 bridgehead atoms. The number of amides is 1. The number of nitrogens with zero attached hydrogens (tertiary/aromatic N) is 4. The van der Waals surface area contributed by atoms with Gasteiger partial charge in [0, 0.05) is 17.8 Å². The molecule has 4 rings (SSSR count). The van der Waals surface area contributed by atoms with E-state index in [0.717, 1.165) is 16.6 Å². The molecule has 1 unspecified atom stereocenters. The summed E-state index contributed by atoms with van der Waals surface area (Å²) < 4.78 is 12.5. The number of morpholine rings is 1. The molecule has 7 nitrogen and oxygen atoms in total. The molecule has 1 aromatic carbocycles. The third kappa shape index (κ3) is 2.67. The lowest BCUT2D eigenvalue weighted by Gasteiger charge is -2.31. The van der Waals surface area contributed by atoms with Crippen LogP contribution in [0.5, 0.6) is 0 Å². The zero-order chi connectivity index (χ0) is 16.5. The minimum absolute atomic E-state index is 0.0660. The Morgan fingerprint density at radius 1 is 1.38 bits per heavy atom. The van der Waals surface area contributed by atoms with Crippen LogP contribution in [0.4, 0.5) is 0 Å². The van der Waals surface area contributed by atoms with Crippen LogP contribution in [0.2, 0.25) is 0 Å². The average Bonchev–Trinajstić information content (AvgIpc) is 3.24. The molecule has 0 spiro atoms. The van der Waals surface area contributed by atoms with Gasteiger partial charge in [-0.2, -0.15) is 4.98 Å². The lowest BCUT2D eigenvalue weighted by molar-refractivity contribution is -0.140. The quantitative estimate of drug-likeness (QED) is 0.735. The van der Waals surface area contributed by atoms with Crippen molar-refractivity contribution in [2.45, 2.75) is 19.6 Å². The third-order valence-corrected chi connectivity index (χ3v) is 4.40. The fourth-order valence-corrected chi connectivity index (χ4v) is 3.15. The van der Waals surface area contributed by atoms with Crippen molar-refractivity contribution in [1.82, 2.24) is 19.6 Å². The van der Waals surface area contributed by atoms with E-state index in [1.807, 2.05) is 25.1 Å². The second kappa shape index (κ2) is 6.09. The molecule has 124 valence electrons. The largest absolute Gasteiger partial charge is 0.366 e. The summed E-state index contributed by atoms with van der Waals surface area (Å²) in [5.74, 6) is 0.548. The van der Waals surface area contributed by atoms with Crippen molar-refractivity contribution in [2.24, 2.45) is 0 Å². The second-order valence-electron chi connectivity index (χ2n) is 5.92. The van der Waals surface area contributed by atoms with Crippen LogP contribution in [-0.4, -0.2) is 45.2 Å². The van der Waals surface area contributed by atoms with Crippen LogP contribution in [0.3, 0.4) is 0 Å². The van der Waals surface area contributed by atoms with Crippen LogP contribution in [0.25, 0.3) is 10.9 Å².